The molecule has 0 radical (unpaired) electrons. The van der Waals surface area contributed by atoms with E-state index in [2.05, 4.69) is 11.8 Å². The number of carbonyl (C=O) groups is 3. The second-order valence-corrected chi connectivity index (χ2v) is 17.4. The van der Waals surface area contributed by atoms with E-state index in [1.54, 1.807) is 50.1 Å². The number of ketones is 1. The van der Waals surface area contributed by atoms with Crippen molar-refractivity contribution in [3.63, 3.8) is 0 Å². The van der Waals surface area contributed by atoms with Crippen LogP contribution in [0, 0.1) is 25.7 Å². The van der Waals surface area contributed by atoms with Gasteiger partial charge in [-0.05, 0) is 106 Å². The number of aryl methyl sites for hydroxylation is 2. The van der Waals surface area contributed by atoms with E-state index in [9.17, 15) is 19.2 Å². The monoisotopic (exact) mass is 832 g/mol. The minimum absolute atomic E-state index is 0.00975. The standard InChI is InChI=1S/C21H25NO3S.C19H26N2O3.C6H13NS/c1-3-25-21(24)19-14-22(12-16-8-10-26-11-9-16)13-18(20(19)23)17-6-4-15(2)5-7-17;1-7-24-19(23)17(13-21(5)6)18(22)16(12-20(3)4)15-10-8-14(2)9-11-15;7-5-6-1-3-8-4-2-6/h4-7,13-14,16H,3,8-12H2,1-2H3;8-13H,7H2,1-6H3;6H,1-5,7H2. The fraction of sp³-hybridized carbons (Fsp3) is 0.478. The molecule has 0 aliphatic carbocycles. The molecule has 316 valence electrons. The van der Waals surface area contributed by atoms with Crippen LogP contribution in [0.1, 0.15) is 66.6 Å². The van der Waals surface area contributed by atoms with Crippen molar-refractivity contribution in [2.75, 3.05) is 71.0 Å². The average Bonchev–Trinajstić information content (AvgIpc) is 3.21. The van der Waals surface area contributed by atoms with Gasteiger partial charge in [-0.2, -0.15) is 23.5 Å². The summed E-state index contributed by atoms with van der Waals surface area (Å²) in [5.74, 6) is 4.94. The summed E-state index contributed by atoms with van der Waals surface area (Å²) in [6, 6.07) is 15.5. The Hall–Kier alpha value is -4.26. The molecule has 0 bridgehead atoms. The van der Waals surface area contributed by atoms with Gasteiger partial charge in [-0.15, -0.1) is 0 Å². The lowest BCUT2D eigenvalue weighted by molar-refractivity contribution is -0.139. The zero-order valence-electron chi connectivity index (χ0n) is 35.8. The largest absolute Gasteiger partial charge is 0.462 e. The molecule has 2 N–H and O–H groups in total. The number of Topliss-reactive ketones (excluding diaryl/α,β-unsaturated/α-hetero) is 1. The number of allylic oxidation sites excluding steroid dienone is 1. The zero-order valence-corrected chi connectivity index (χ0v) is 37.4. The molecule has 10 nitrogen and oxygen atoms in total. The quantitative estimate of drug-likeness (QED) is 0.0789. The maximum absolute atomic E-state index is 13.0. The van der Waals surface area contributed by atoms with Crippen molar-refractivity contribution >= 4 is 46.8 Å². The molecule has 2 fully saturated rings. The Kier molecular flexibility index (Phi) is 21.0. The molecule has 1 aromatic heterocycles. The summed E-state index contributed by atoms with van der Waals surface area (Å²) in [4.78, 5) is 53.9. The van der Waals surface area contributed by atoms with Crippen molar-refractivity contribution in [2.45, 2.75) is 59.9 Å². The van der Waals surface area contributed by atoms with Crippen molar-refractivity contribution in [2.24, 2.45) is 17.6 Å². The molecule has 2 saturated heterocycles. The second kappa shape index (κ2) is 25.3. The number of pyridine rings is 1. The smallest absolute Gasteiger partial charge is 0.343 e. The van der Waals surface area contributed by atoms with Gasteiger partial charge in [0.1, 0.15) is 11.1 Å². The third-order valence-electron chi connectivity index (χ3n) is 9.54. The predicted molar refractivity (Wildman–Crippen MR) is 242 cm³/mol. The summed E-state index contributed by atoms with van der Waals surface area (Å²) in [7, 11) is 7.18. The number of hydrogen-bond acceptors (Lipinski definition) is 11. The molecule has 3 heterocycles. The minimum Gasteiger partial charge on any atom is -0.462 e. The Bertz CT molecular complexity index is 1880. The molecule has 0 atom stereocenters. The predicted octanol–water partition coefficient (Wildman–Crippen LogP) is 7.71. The number of nitrogens with two attached hydrogens (primary N) is 1. The summed E-state index contributed by atoms with van der Waals surface area (Å²) in [6.07, 6.45) is 11.8. The molecule has 3 aromatic rings. The topological polar surface area (TPSA) is 124 Å². The van der Waals surface area contributed by atoms with Crippen LogP contribution in [0.4, 0.5) is 0 Å². The van der Waals surface area contributed by atoms with E-state index < -0.39 is 11.9 Å². The molecule has 0 saturated carbocycles. The van der Waals surface area contributed by atoms with Crippen LogP contribution in [-0.4, -0.2) is 103 Å². The fourth-order valence-electron chi connectivity index (χ4n) is 6.31. The van der Waals surface area contributed by atoms with Crippen LogP contribution in [0.3, 0.4) is 0 Å². The lowest BCUT2D eigenvalue weighted by Crippen LogP contribution is -2.24. The minimum atomic E-state index is -0.618. The first kappa shape index (κ1) is 48.1. The van der Waals surface area contributed by atoms with E-state index in [4.69, 9.17) is 15.2 Å². The highest BCUT2D eigenvalue weighted by molar-refractivity contribution is 7.99. The molecule has 0 spiro atoms. The summed E-state index contributed by atoms with van der Waals surface area (Å²) in [6.45, 7) is 9.66. The fourth-order valence-corrected chi connectivity index (χ4v) is 8.72. The lowest BCUT2D eigenvalue weighted by Gasteiger charge is -2.23. The number of ether oxygens (including phenoxy) is 2. The van der Waals surface area contributed by atoms with Crippen LogP contribution in [-0.2, 0) is 25.6 Å². The zero-order chi connectivity index (χ0) is 42.6. The van der Waals surface area contributed by atoms with E-state index in [1.807, 2.05) is 99.0 Å². The van der Waals surface area contributed by atoms with Crippen LogP contribution in [0.5, 0.6) is 0 Å². The van der Waals surface area contributed by atoms with E-state index in [-0.39, 0.29) is 35.6 Å². The molecule has 0 unspecified atom stereocenters. The van der Waals surface area contributed by atoms with Gasteiger partial charge >= 0.3 is 11.9 Å². The average molecular weight is 833 g/mol. The van der Waals surface area contributed by atoms with E-state index in [0.717, 1.165) is 41.3 Å². The normalized spacial score (nSPS) is 14.9. The van der Waals surface area contributed by atoms with Crippen LogP contribution in [0.2, 0.25) is 0 Å². The number of nitrogens with zero attached hydrogens (tertiary/aromatic N) is 3. The van der Waals surface area contributed by atoms with Gasteiger partial charge in [0.15, 0.2) is 0 Å². The van der Waals surface area contributed by atoms with E-state index in [1.165, 1.54) is 54.9 Å². The van der Waals surface area contributed by atoms with Gasteiger partial charge in [0.05, 0.1) is 13.2 Å². The first-order valence-electron chi connectivity index (χ1n) is 20.2. The van der Waals surface area contributed by atoms with Gasteiger partial charge in [0.2, 0.25) is 11.2 Å². The number of carbonyl (C=O) groups excluding carboxylic acids is 3. The van der Waals surface area contributed by atoms with Crippen molar-refractivity contribution in [3.8, 4) is 11.1 Å². The molecule has 0 amide bonds. The number of aromatic nitrogens is 1. The lowest BCUT2D eigenvalue weighted by atomic mass is 9.97. The SMILES string of the molecule is CCOC(=O)C(=CN(C)C)C(=O)C(=CN(C)C)c1ccc(C)cc1.CCOC(=O)c1cn(CC2CCSCC2)cc(-c2ccc(C)cc2)c1=O.NCC1CCSCC1. The van der Waals surface area contributed by atoms with Crippen LogP contribution in [0.25, 0.3) is 16.7 Å². The van der Waals surface area contributed by atoms with Gasteiger partial charge in [-0.1, -0.05) is 59.7 Å². The molecular weight excluding hydrogens is 769 g/mol. The summed E-state index contributed by atoms with van der Waals surface area (Å²) in [5, 5.41) is 0. The number of benzene rings is 2. The third kappa shape index (κ3) is 15.8. The van der Waals surface area contributed by atoms with Crippen LogP contribution >= 0.6 is 23.5 Å². The Morgan fingerprint density at radius 3 is 1.76 bits per heavy atom. The van der Waals surface area contributed by atoms with Crippen LogP contribution < -0.4 is 11.2 Å². The molecule has 5 rings (SSSR count). The van der Waals surface area contributed by atoms with Crippen molar-refractivity contribution in [1.29, 1.82) is 0 Å². The third-order valence-corrected chi connectivity index (χ3v) is 11.6. The Balaban J connectivity index is 0.000000261. The van der Waals surface area contributed by atoms with Gasteiger partial charge < -0.3 is 29.6 Å². The summed E-state index contributed by atoms with van der Waals surface area (Å²) < 4.78 is 12.2. The first-order valence-corrected chi connectivity index (χ1v) is 22.5. The van der Waals surface area contributed by atoms with E-state index in [0.29, 0.717) is 17.1 Å². The Labute approximate surface area is 354 Å². The van der Waals surface area contributed by atoms with Crippen LogP contribution in [0.15, 0.2) is 83.7 Å². The number of esters is 2. The summed E-state index contributed by atoms with van der Waals surface area (Å²) >= 11 is 4.05. The first-order chi connectivity index (χ1) is 27.8. The maximum Gasteiger partial charge on any atom is 0.343 e. The van der Waals surface area contributed by atoms with Gasteiger partial charge in [-0.25, -0.2) is 9.59 Å². The highest BCUT2D eigenvalue weighted by Gasteiger charge is 2.25. The number of hydrogen-bond donors (Lipinski definition) is 1. The number of thioether (sulfide) groups is 2. The van der Waals surface area contributed by atoms with Crippen molar-refractivity contribution < 1.29 is 23.9 Å². The molecule has 58 heavy (non-hydrogen) atoms. The molecule has 2 aromatic carbocycles. The second-order valence-electron chi connectivity index (χ2n) is 15.0. The van der Waals surface area contributed by atoms with Crippen molar-refractivity contribution in [1.82, 2.24) is 14.4 Å². The molecule has 12 heteroatoms. The van der Waals surface area contributed by atoms with Gasteiger partial charge in [0, 0.05) is 70.7 Å². The highest BCUT2D eigenvalue weighted by Crippen LogP contribution is 2.26. The number of rotatable bonds is 13. The summed E-state index contributed by atoms with van der Waals surface area (Å²) in [5.41, 5.74) is 10.2. The Morgan fingerprint density at radius 1 is 0.759 bits per heavy atom. The van der Waals surface area contributed by atoms with Gasteiger partial charge in [0.25, 0.3) is 0 Å². The van der Waals surface area contributed by atoms with E-state index >= 15 is 0 Å². The maximum atomic E-state index is 13.0. The van der Waals surface area contributed by atoms with Crippen molar-refractivity contribution in [3.05, 3.63) is 111 Å². The molecule has 2 aliphatic rings. The molecule has 2 aliphatic heterocycles. The highest BCUT2D eigenvalue weighted by atomic mass is 32.2. The van der Waals surface area contributed by atoms with Gasteiger partial charge in [-0.3, -0.25) is 9.59 Å². The Morgan fingerprint density at radius 2 is 1.28 bits per heavy atom. The molecular formula is C46H64N4O6S2.